The van der Waals surface area contributed by atoms with Gasteiger partial charge in [0.05, 0.1) is 6.10 Å². The van der Waals surface area contributed by atoms with E-state index in [1.165, 1.54) is 57.8 Å². The normalized spacial score (nSPS) is 43.1. The topological polar surface area (TPSA) is 20.2 Å². The first-order chi connectivity index (χ1) is 11.8. The van der Waals surface area contributed by atoms with Crippen LogP contribution in [0.2, 0.25) is 0 Å². The Morgan fingerprint density at radius 3 is 1.83 bits per heavy atom. The van der Waals surface area contributed by atoms with Gasteiger partial charge in [0.1, 0.15) is 0 Å². The Balaban J connectivity index is 1.46. The number of fused-ring (bicyclic) bond motifs is 1. The van der Waals surface area contributed by atoms with Crippen LogP contribution in [0, 0.1) is 35.5 Å². The van der Waals surface area contributed by atoms with Crippen LogP contribution in [0.3, 0.4) is 0 Å². The molecule has 1 nitrogen and oxygen atoms in total. The lowest BCUT2D eigenvalue weighted by molar-refractivity contribution is 0.00767. The van der Waals surface area contributed by atoms with Crippen molar-refractivity contribution in [2.45, 2.75) is 109 Å². The van der Waals surface area contributed by atoms with Gasteiger partial charge < -0.3 is 5.11 Å². The van der Waals surface area contributed by atoms with Crippen molar-refractivity contribution in [1.82, 2.24) is 0 Å². The van der Waals surface area contributed by atoms with Gasteiger partial charge in [-0.3, -0.25) is 0 Å². The molecule has 0 heterocycles. The second-order valence-electron chi connectivity index (χ2n) is 9.92. The van der Waals surface area contributed by atoms with E-state index < -0.39 is 0 Å². The van der Waals surface area contributed by atoms with Crippen molar-refractivity contribution in [2.75, 3.05) is 0 Å². The summed E-state index contributed by atoms with van der Waals surface area (Å²) in [6.45, 7) is 0. The molecule has 0 aromatic carbocycles. The molecule has 0 aromatic heterocycles. The fourth-order valence-electron chi connectivity index (χ4n) is 7.42. The zero-order valence-corrected chi connectivity index (χ0v) is 15.8. The summed E-state index contributed by atoms with van der Waals surface area (Å²) in [5, 5.41) is 9.98. The van der Waals surface area contributed by atoms with E-state index in [0.717, 1.165) is 48.3 Å². The lowest BCUT2D eigenvalue weighted by atomic mass is 9.58. The standard InChI is InChI=1S/C23H40O/c24-22-14-12-19(13-15-22)23(18-7-2-1-3-8-18)21-11-10-17-6-4-5-9-20(17)16-21/h17-24H,1-16H2. The van der Waals surface area contributed by atoms with Gasteiger partial charge in [0, 0.05) is 0 Å². The zero-order valence-electron chi connectivity index (χ0n) is 15.8. The van der Waals surface area contributed by atoms with Crippen LogP contribution in [0.25, 0.3) is 0 Å². The summed E-state index contributed by atoms with van der Waals surface area (Å²) >= 11 is 0. The van der Waals surface area contributed by atoms with E-state index in [9.17, 15) is 5.11 Å². The summed E-state index contributed by atoms with van der Waals surface area (Å²) in [6, 6.07) is 0. The molecule has 24 heavy (non-hydrogen) atoms. The van der Waals surface area contributed by atoms with Gasteiger partial charge in [-0.1, -0.05) is 57.8 Å². The highest BCUT2D eigenvalue weighted by Crippen LogP contribution is 2.51. The minimum Gasteiger partial charge on any atom is -0.393 e. The first kappa shape index (κ1) is 17.4. The monoisotopic (exact) mass is 332 g/mol. The van der Waals surface area contributed by atoms with Gasteiger partial charge in [-0.15, -0.1) is 0 Å². The van der Waals surface area contributed by atoms with Crippen molar-refractivity contribution in [3.63, 3.8) is 0 Å². The molecule has 4 unspecified atom stereocenters. The summed E-state index contributed by atoms with van der Waals surface area (Å²) in [4.78, 5) is 0. The number of aliphatic hydroxyl groups is 1. The molecule has 0 saturated heterocycles. The molecule has 1 N–H and O–H groups in total. The average Bonchev–Trinajstić information content (AvgIpc) is 2.64. The maximum atomic E-state index is 9.98. The molecule has 0 bridgehead atoms. The summed E-state index contributed by atoms with van der Waals surface area (Å²) < 4.78 is 0. The molecular formula is C23H40O. The van der Waals surface area contributed by atoms with Crippen LogP contribution in [-0.4, -0.2) is 11.2 Å². The van der Waals surface area contributed by atoms with E-state index in [-0.39, 0.29) is 6.10 Å². The minimum absolute atomic E-state index is 0.0161. The lowest BCUT2D eigenvalue weighted by Gasteiger charge is -2.48. The number of hydrogen-bond acceptors (Lipinski definition) is 1. The molecule has 0 spiro atoms. The second-order valence-corrected chi connectivity index (χ2v) is 9.92. The van der Waals surface area contributed by atoms with E-state index in [2.05, 4.69) is 0 Å². The Morgan fingerprint density at radius 1 is 0.500 bits per heavy atom. The molecule has 0 aliphatic heterocycles. The summed E-state index contributed by atoms with van der Waals surface area (Å²) in [5.41, 5.74) is 0. The van der Waals surface area contributed by atoms with Gasteiger partial charge >= 0.3 is 0 Å². The highest BCUT2D eigenvalue weighted by Gasteiger charge is 2.42. The van der Waals surface area contributed by atoms with E-state index in [1.54, 1.807) is 32.1 Å². The molecule has 4 rings (SSSR count). The first-order valence-electron chi connectivity index (χ1n) is 11.5. The third kappa shape index (κ3) is 3.87. The zero-order chi connectivity index (χ0) is 16.4. The van der Waals surface area contributed by atoms with Crippen LogP contribution in [0.15, 0.2) is 0 Å². The fourth-order valence-corrected chi connectivity index (χ4v) is 7.42. The fraction of sp³-hybridized carbons (Fsp3) is 1.00. The molecule has 4 fully saturated rings. The van der Waals surface area contributed by atoms with Gasteiger partial charge in [-0.25, -0.2) is 0 Å². The average molecular weight is 333 g/mol. The number of hydrogen-bond donors (Lipinski definition) is 1. The maximum Gasteiger partial charge on any atom is 0.0540 e. The third-order valence-electron chi connectivity index (χ3n) is 8.60. The summed E-state index contributed by atoms with van der Waals surface area (Å²) in [5.74, 6) is 6.20. The van der Waals surface area contributed by atoms with Gasteiger partial charge in [0.25, 0.3) is 0 Å². The van der Waals surface area contributed by atoms with E-state index in [1.807, 2.05) is 0 Å². The molecule has 4 saturated carbocycles. The largest absolute Gasteiger partial charge is 0.393 e. The van der Waals surface area contributed by atoms with Gasteiger partial charge in [0.15, 0.2) is 0 Å². The van der Waals surface area contributed by atoms with E-state index in [0.29, 0.717) is 0 Å². The van der Waals surface area contributed by atoms with Crippen molar-refractivity contribution in [3.8, 4) is 0 Å². The van der Waals surface area contributed by atoms with Crippen molar-refractivity contribution < 1.29 is 5.11 Å². The van der Waals surface area contributed by atoms with Crippen LogP contribution < -0.4 is 0 Å². The van der Waals surface area contributed by atoms with Crippen molar-refractivity contribution in [3.05, 3.63) is 0 Å². The minimum atomic E-state index is 0.0161. The van der Waals surface area contributed by atoms with Crippen molar-refractivity contribution >= 4 is 0 Å². The molecule has 0 radical (unpaired) electrons. The molecule has 4 aliphatic rings. The molecule has 4 aliphatic carbocycles. The Labute approximate surface area is 150 Å². The Kier molecular flexibility index (Phi) is 5.87. The third-order valence-corrected chi connectivity index (χ3v) is 8.60. The highest BCUT2D eigenvalue weighted by atomic mass is 16.3. The van der Waals surface area contributed by atoms with Crippen molar-refractivity contribution in [2.24, 2.45) is 35.5 Å². The predicted octanol–water partition coefficient (Wildman–Crippen LogP) is 6.34. The van der Waals surface area contributed by atoms with E-state index >= 15 is 0 Å². The van der Waals surface area contributed by atoms with Crippen LogP contribution in [0.4, 0.5) is 0 Å². The Bertz CT molecular complexity index is 377. The quantitative estimate of drug-likeness (QED) is 0.639. The molecule has 0 amide bonds. The van der Waals surface area contributed by atoms with Crippen LogP contribution >= 0.6 is 0 Å². The maximum absolute atomic E-state index is 9.98. The first-order valence-corrected chi connectivity index (χ1v) is 11.5. The Morgan fingerprint density at radius 2 is 1.08 bits per heavy atom. The molecule has 0 aromatic rings. The predicted molar refractivity (Wildman–Crippen MR) is 101 cm³/mol. The summed E-state index contributed by atoms with van der Waals surface area (Å²) in [6.07, 6.45) is 23.1. The molecule has 138 valence electrons. The second kappa shape index (κ2) is 8.11. The number of aliphatic hydroxyl groups excluding tert-OH is 1. The Hall–Kier alpha value is -0.0400. The number of rotatable bonds is 3. The van der Waals surface area contributed by atoms with Gasteiger partial charge in [0.2, 0.25) is 0 Å². The van der Waals surface area contributed by atoms with Crippen molar-refractivity contribution in [1.29, 1.82) is 0 Å². The smallest absolute Gasteiger partial charge is 0.0540 e. The van der Waals surface area contributed by atoms with Crippen LogP contribution in [0.1, 0.15) is 103 Å². The molecule has 1 heteroatoms. The van der Waals surface area contributed by atoms with Gasteiger partial charge in [-0.2, -0.15) is 0 Å². The van der Waals surface area contributed by atoms with E-state index in [4.69, 9.17) is 0 Å². The van der Waals surface area contributed by atoms with Crippen LogP contribution in [0.5, 0.6) is 0 Å². The molecular weight excluding hydrogens is 292 g/mol. The lowest BCUT2D eigenvalue weighted by Crippen LogP contribution is -2.39. The highest BCUT2D eigenvalue weighted by molar-refractivity contribution is 4.92. The molecule has 4 atom stereocenters. The summed E-state index contributed by atoms with van der Waals surface area (Å²) in [7, 11) is 0. The van der Waals surface area contributed by atoms with Crippen LogP contribution in [-0.2, 0) is 0 Å². The SMILES string of the molecule is OC1CCC(C(C2CCCCC2)C2CCC3CCCCC3C2)CC1. The van der Waals surface area contributed by atoms with Gasteiger partial charge in [-0.05, 0) is 80.5 Å².